The molecule has 32 heavy (non-hydrogen) atoms. The van der Waals surface area contributed by atoms with Crippen LogP contribution in [0.25, 0.3) is 22.2 Å². The molecule has 10 heteroatoms. The van der Waals surface area contributed by atoms with Crippen molar-refractivity contribution in [3.8, 4) is 11.3 Å². The molecule has 3 heterocycles. The van der Waals surface area contributed by atoms with E-state index < -0.39 is 5.82 Å². The maximum atomic E-state index is 14.5. The van der Waals surface area contributed by atoms with Gasteiger partial charge in [0, 0.05) is 56.2 Å². The number of pyridine rings is 1. The Balaban J connectivity index is 1.51. The number of benzene rings is 1. The van der Waals surface area contributed by atoms with E-state index in [4.69, 9.17) is 0 Å². The van der Waals surface area contributed by atoms with Gasteiger partial charge in [0.1, 0.15) is 18.0 Å². The molecule has 3 aromatic heterocycles. The number of amides is 1. The molecule has 1 amide bonds. The van der Waals surface area contributed by atoms with Gasteiger partial charge in [0.25, 0.3) is 5.91 Å². The highest BCUT2D eigenvalue weighted by atomic mass is 19.1. The Labute approximate surface area is 183 Å². The Bertz CT molecular complexity index is 1260. The van der Waals surface area contributed by atoms with Crippen LogP contribution in [0.1, 0.15) is 15.9 Å². The molecule has 0 atom stereocenters. The first-order chi connectivity index (χ1) is 15.6. The minimum atomic E-state index is -0.477. The van der Waals surface area contributed by atoms with Crippen molar-refractivity contribution in [3.05, 3.63) is 66.1 Å². The number of anilines is 2. The molecule has 0 spiro atoms. The minimum absolute atomic E-state index is 0.221. The van der Waals surface area contributed by atoms with Gasteiger partial charge in [-0.05, 0) is 24.1 Å². The molecule has 0 saturated heterocycles. The topological polar surface area (TPSA) is 118 Å². The molecule has 162 valence electrons. The first-order valence-corrected chi connectivity index (χ1v) is 9.95. The first kappa shape index (κ1) is 21.0. The maximum Gasteiger partial charge on any atom is 0.251 e. The lowest BCUT2D eigenvalue weighted by molar-refractivity contribution is 0.0964. The van der Waals surface area contributed by atoms with Crippen molar-refractivity contribution in [1.82, 2.24) is 30.2 Å². The van der Waals surface area contributed by atoms with Gasteiger partial charge in [-0.1, -0.05) is 6.07 Å². The lowest BCUT2D eigenvalue weighted by Gasteiger charge is -2.11. The van der Waals surface area contributed by atoms with E-state index in [1.807, 2.05) is 6.07 Å². The van der Waals surface area contributed by atoms with Crippen molar-refractivity contribution >= 4 is 28.6 Å². The average molecular weight is 432 g/mol. The largest absolute Gasteiger partial charge is 0.370 e. The zero-order valence-electron chi connectivity index (χ0n) is 17.6. The summed E-state index contributed by atoms with van der Waals surface area (Å²) < 4.78 is 14.5. The Hall–Kier alpha value is -4.21. The lowest BCUT2D eigenvalue weighted by atomic mass is 10.0. The number of carbonyl (C=O) groups is 1. The van der Waals surface area contributed by atoms with Crippen LogP contribution in [0.5, 0.6) is 0 Å². The first-order valence-electron chi connectivity index (χ1n) is 9.95. The summed E-state index contributed by atoms with van der Waals surface area (Å²) in [5.74, 6) is 0.334. The van der Waals surface area contributed by atoms with Crippen molar-refractivity contribution in [3.63, 3.8) is 0 Å². The molecule has 9 nitrogen and oxygen atoms in total. The second-order valence-electron chi connectivity index (χ2n) is 6.88. The number of nitrogens with one attached hydrogen (secondary N) is 3. The summed E-state index contributed by atoms with van der Waals surface area (Å²) >= 11 is 0. The van der Waals surface area contributed by atoms with E-state index in [2.05, 4.69) is 40.9 Å². The van der Waals surface area contributed by atoms with Crippen molar-refractivity contribution in [1.29, 1.82) is 0 Å². The molecular formula is C22H21FN8O. The summed E-state index contributed by atoms with van der Waals surface area (Å²) in [7, 11) is 3.26. The van der Waals surface area contributed by atoms with Crippen LogP contribution in [0, 0.1) is 5.82 Å². The van der Waals surface area contributed by atoms with Crippen LogP contribution in [-0.4, -0.2) is 51.5 Å². The molecule has 4 rings (SSSR count). The fourth-order valence-corrected chi connectivity index (χ4v) is 3.34. The van der Waals surface area contributed by atoms with E-state index in [9.17, 15) is 9.18 Å². The fraction of sp³-hybridized carbons (Fsp3) is 0.182. The lowest BCUT2D eigenvalue weighted by Crippen LogP contribution is -2.18. The van der Waals surface area contributed by atoms with E-state index >= 15 is 0 Å². The number of aromatic nitrogens is 5. The molecule has 0 bridgehead atoms. The van der Waals surface area contributed by atoms with Crippen LogP contribution in [0.3, 0.4) is 0 Å². The van der Waals surface area contributed by atoms with Gasteiger partial charge >= 0.3 is 0 Å². The summed E-state index contributed by atoms with van der Waals surface area (Å²) in [6.07, 6.45) is 6.91. The average Bonchev–Trinajstić information content (AvgIpc) is 2.85. The monoisotopic (exact) mass is 432 g/mol. The summed E-state index contributed by atoms with van der Waals surface area (Å²) in [6.45, 7) is 0.526. The highest BCUT2D eigenvalue weighted by molar-refractivity contribution is 6.06. The zero-order chi connectivity index (χ0) is 22.5. The predicted molar refractivity (Wildman–Crippen MR) is 120 cm³/mol. The highest BCUT2D eigenvalue weighted by Crippen LogP contribution is 2.24. The van der Waals surface area contributed by atoms with E-state index in [1.165, 1.54) is 31.7 Å². The van der Waals surface area contributed by atoms with Crippen LogP contribution >= 0.6 is 0 Å². The van der Waals surface area contributed by atoms with Crippen LogP contribution in [0.4, 0.5) is 16.2 Å². The minimum Gasteiger partial charge on any atom is -0.370 e. The van der Waals surface area contributed by atoms with Gasteiger partial charge < -0.3 is 16.0 Å². The normalized spacial score (nSPS) is 10.7. The number of hydrogen-bond donors (Lipinski definition) is 3. The quantitative estimate of drug-likeness (QED) is 0.408. The van der Waals surface area contributed by atoms with Gasteiger partial charge in [-0.15, -0.1) is 0 Å². The summed E-state index contributed by atoms with van der Waals surface area (Å²) in [5, 5.41) is 8.88. The molecule has 0 fully saturated rings. The molecule has 0 saturated carbocycles. The summed E-state index contributed by atoms with van der Waals surface area (Å²) in [6, 6.07) is 6.37. The highest BCUT2D eigenvalue weighted by Gasteiger charge is 2.15. The standard InChI is InChI=1S/C22H21FN8O/c1-24-21(32)15-6-8-27-20-13(3-4-16(23)19(15)20)5-7-26-18-9-17(30-12-31-18)14-10-28-22(25-2)29-11-14/h3-4,6,8-12H,5,7H2,1-2H3,(H,24,32)(H,25,28,29)(H,26,30,31). The third kappa shape index (κ3) is 4.29. The van der Waals surface area contributed by atoms with Crippen LogP contribution in [0.15, 0.2) is 49.2 Å². The predicted octanol–water partition coefficient (Wildman–Crippen LogP) is 2.68. The van der Waals surface area contributed by atoms with E-state index in [0.717, 1.165) is 11.1 Å². The van der Waals surface area contributed by atoms with Crippen LogP contribution in [0.2, 0.25) is 0 Å². The Morgan fingerprint density at radius 1 is 1.03 bits per heavy atom. The van der Waals surface area contributed by atoms with Crippen molar-refractivity contribution in [2.24, 2.45) is 0 Å². The molecule has 3 N–H and O–H groups in total. The third-order valence-corrected chi connectivity index (χ3v) is 4.94. The number of carbonyl (C=O) groups excluding carboxylic acids is 1. The number of halogens is 1. The van der Waals surface area contributed by atoms with Crippen molar-refractivity contribution < 1.29 is 9.18 Å². The van der Waals surface area contributed by atoms with Crippen LogP contribution < -0.4 is 16.0 Å². The van der Waals surface area contributed by atoms with Crippen molar-refractivity contribution in [2.45, 2.75) is 6.42 Å². The Morgan fingerprint density at radius 2 is 1.84 bits per heavy atom. The van der Waals surface area contributed by atoms with Gasteiger partial charge in [0.2, 0.25) is 5.95 Å². The van der Waals surface area contributed by atoms with Gasteiger partial charge in [-0.3, -0.25) is 9.78 Å². The van der Waals surface area contributed by atoms with Gasteiger partial charge in [0.15, 0.2) is 0 Å². The number of hydrogen-bond acceptors (Lipinski definition) is 8. The van der Waals surface area contributed by atoms with Gasteiger partial charge in [0.05, 0.1) is 16.8 Å². The van der Waals surface area contributed by atoms with Crippen LogP contribution in [-0.2, 0) is 6.42 Å². The summed E-state index contributed by atoms with van der Waals surface area (Å²) in [5.41, 5.74) is 3.01. The van der Waals surface area contributed by atoms with Crippen molar-refractivity contribution in [2.75, 3.05) is 31.3 Å². The molecule has 0 aliphatic carbocycles. The molecular weight excluding hydrogens is 411 g/mol. The van der Waals surface area contributed by atoms with E-state index in [-0.39, 0.29) is 16.9 Å². The SMILES string of the molecule is CNC(=O)c1ccnc2c(CCNc3cc(-c4cnc(NC)nc4)ncn3)ccc(F)c12. The molecule has 0 aliphatic rings. The molecule has 0 aliphatic heterocycles. The smallest absolute Gasteiger partial charge is 0.251 e. The maximum absolute atomic E-state index is 14.5. The Kier molecular flexibility index (Phi) is 6.11. The zero-order valence-corrected chi connectivity index (χ0v) is 17.6. The second-order valence-corrected chi connectivity index (χ2v) is 6.88. The van der Waals surface area contributed by atoms with Gasteiger partial charge in [-0.25, -0.2) is 24.3 Å². The van der Waals surface area contributed by atoms with E-state index in [0.29, 0.717) is 35.9 Å². The number of fused-ring (bicyclic) bond motifs is 1. The fourth-order valence-electron chi connectivity index (χ4n) is 3.34. The van der Waals surface area contributed by atoms with E-state index in [1.54, 1.807) is 25.5 Å². The number of rotatable bonds is 7. The molecule has 4 aromatic rings. The molecule has 1 aromatic carbocycles. The summed E-state index contributed by atoms with van der Waals surface area (Å²) in [4.78, 5) is 33.4. The molecule has 0 radical (unpaired) electrons. The Morgan fingerprint density at radius 3 is 2.59 bits per heavy atom. The third-order valence-electron chi connectivity index (χ3n) is 4.94. The second kappa shape index (κ2) is 9.29. The van der Waals surface area contributed by atoms with Gasteiger partial charge in [-0.2, -0.15) is 0 Å². The number of nitrogens with zero attached hydrogens (tertiary/aromatic N) is 5. The molecule has 0 unspecified atom stereocenters.